The molecule has 1 unspecified atom stereocenters. The Morgan fingerprint density at radius 1 is 1.39 bits per heavy atom. The Morgan fingerprint density at radius 3 is 2.71 bits per heavy atom. The molecule has 0 aliphatic rings. The third-order valence-electron chi connectivity index (χ3n) is 3.95. The highest BCUT2D eigenvalue weighted by Gasteiger charge is 2.23. The predicted octanol–water partition coefficient (Wildman–Crippen LogP) is 2.55. The van der Waals surface area contributed by atoms with E-state index in [1.54, 1.807) is 0 Å². The van der Waals surface area contributed by atoms with Crippen LogP contribution in [0.3, 0.4) is 0 Å². The average molecular weight is 481 g/mol. The molecule has 0 saturated carbocycles. The van der Waals surface area contributed by atoms with E-state index in [4.69, 9.17) is 0 Å². The number of aromatic nitrogens is 2. The molecular formula is C16H19BrF2N4O4S. The normalized spacial score (nSPS) is 13.9. The van der Waals surface area contributed by atoms with Crippen LogP contribution < -0.4 is 0 Å². The summed E-state index contributed by atoms with van der Waals surface area (Å²) in [5, 5.41) is 19.9. The third kappa shape index (κ3) is 5.79. The zero-order chi connectivity index (χ0) is 20.9. The molecular weight excluding hydrogens is 462 g/mol. The van der Waals surface area contributed by atoms with Crippen LogP contribution in [0, 0.1) is 5.82 Å². The topological polar surface area (TPSA) is 109 Å². The van der Waals surface area contributed by atoms with E-state index in [2.05, 4.69) is 36.0 Å². The highest BCUT2D eigenvalue weighted by Crippen LogP contribution is 2.19. The molecule has 1 heterocycles. The van der Waals surface area contributed by atoms with Crippen LogP contribution in [0.1, 0.15) is 23.4 Å². The summed E-state index contributed by atoms with van der Waals surface area (Å²) in [4.78, 5) is 0. The van der Waals surface area contributed by atoms with Gasteiger partial charge in [0.2, 0.25) is 10.0 Å². The van der Waals surface area contributed by atoms with Crippen LogP contribution in [0.15, 0.2) is 32.5 Å². The molecule has 0 aliphatic heterocycles. The summed E-state index contributed by atoms with van der Waals surface area (Å²) in [6.07, 6.45) is -1.60. The van der Waals surface area contributed by atoms with Crippen molar-refractivity contribution in [2.75, 3.05) is 19.8 Å². The zero-order valence-electron chi connectivity index (χ0n) is 15.1. The summed E-state index contributed by atoms with van der Waals surface area (Å²) < 4.78 is 56.8. The number of halogens is 3. The first-order valence-electron chi connectivity index (χ1n) is 8.15. The van der Waals surface area contributed by atoms with Gasteiger partial charge in [-0.25, -0.2) is 26.1 Å². The van der Waals surface area contributed by atoms with Crippen molar-refractivity contribution >= 4 is 31.7 Å². The van der Waals surface area contributed by atoms with Crippen molar-refractivity contribution in [3.05, 3.63) is 45.4 Å². The van der Waals surface area contributed by atoms with Gasteiger partial charge < -0.3 is 5.21 Å². The van der Waals surface area contributed by atoms with Crippen LogP contribution in [0.2, 0.25) is 0 Å². The Balaban J connectivity index is 2.08. The summed E-state index contributed by atoms with van der Waals surface area (Å²) >= 11 is 3.08. The van der Waals surface area contributed by atoms with Crippen LogP contribution >= 0.6 is 15.9 Å². The Labute approximate surface area is 169 Å². The first-order valence-corrected chi connectivity index (χ1v) is 10.5. The van der Waals surface area contributed by atoms with Gasteiger partial charge in [-0.2, -0.15) is 0 Å². The van der Waals surface area contributed by atoms with Gasteiger partial charge in [-0.15, -0.1) is 0 Å². The van der Waals surface area contributed by atoms with Gasteiger partial charge in [0.05, 0.1) is 10.2 Å². The number of nitrogens with zero attached hydrogens (tertiary/aromatic N) is 4. The number of alkyl halides is 1. The van der Waals surface area contributed by atoms with Crippen LogP contribution in [0.4, 0.5) is 8.78 Å². The molecule has 12 heteroatoms. The van der Waals surface area contributed by atoms with Gasteiger partial charge in [0, 0.05) is 20.5 Å². The van der Waals surface area contributed by atoms with E-state index in [1.165, 1.54) is 32.3 Å². The Morgan fingerprint density at radius 2 is 2.11 bits per heavy atom. The smallest absolute Gasteiger partial charge is 0.216 e. The van der Waals surface area contributed by atoms with Gasteiger partial charge in [-0.1, -0.05) is 16.4 Å². The molecule has 1 N–H and O–H groups in total. The molecule has 0 fully saturated rings. The first-order chi connectivity index (χ1) is 13.1. The lowest BCUT2D eigenvalue weighted by molar-refractivity contribution is 0.297. The van der Waals surface area contributed by atoms with Crippen molar-refractivity contribution in [3.63, 3.8) is 0 Å². The number of aryl methyl sites for hydroxylation is 1. The number of benzene rings is 1. The van der Waals surface area contributed by atoms with Crippen molar-refractivity contribution < 1.29 is 27.0 Å². The molecule has 28 heavy (non-hydrogen) atoms. The van der Waals surface area contributed by atoms with E-state index in [0.717, 1.165) is 4.31 Å². The molecule has 0 aliphatic carbocycles. The van der Waals surface area contributed by atoms with E-state index in [0.29, 0.717) is 5.56 Å². The van der Waals surface area contributed by atoms with Crippen LogP contribution in [0.5, 0.6) is 0 Å². The molecule has 2 rings (SSSR count). The summed E-state index contributed by atoms with van der Waals surface area (Å²) in [6.45, 7) is 0. The molecule has 0 saturated heterocycles. The highest BCUT2D eigenvalue weighted by atomic mass is 79.9. The minimum Gasteiger partial charge on any atom is -0.411 e. The monoisotopic (exact) mass is 480 g/mol. The van der Waals surface area contributed by atoms with E-state index in [-0.39, 0.29) is 40.8 Å². The van der Waals surface area contributed by atoms with Gasteiger partial charge in [0.1, 0.15) is 23.4 Å². The highest BCUT2D eigenvalue weighted by molar-refractivity contribution is 9.10. The standard InChI is InChI=1S/C16H19BrF2N4O4S/c1-23(2)28(25,26)9-11(18)4-6-14-16(22-27-21-14)15(20-24)8-10-3-5-13(19)12(17)7-10/h3,5,7,11,24H,4,6,8-9H2,1-2H3/b20-15+. The Kier molecular flexibility index (Phi) is 7.61. The molecule has 1 atom stereocenters. The fraction of sp³-hybridized carbons (Fsp3) is 0.438. The lowest BCUT2D eigenvalue weighted by Gasteiger charge is -2.13. The van der Waals surface area contributed by atoms with Crippen molar-refractivity contribution in [3.8, 4) is 0 Å². The summed E-state index contributed by atoms with van der Waals surface area (Å²) in [5.74, 6) is -1.08. The van der Waals surface area contributed by atoms with Crippen molar-refractivity contribution in [2.45, 2.75) is 25.4 Å². The van der Waals surface area contributed by atoms with Crippen molar-refractivity contribution in [1.82, 2.24) is 14.6 Å². The molecule has 1 aromatic carbocycles. The molecule has 0 amide bonds. The second kappa shape index (κ2) is 9.52. The SMILES string of the molecule is CN(C)S(=O)(=O)CC(F)CCc1nonc1/C(Cc1ccc(F)c(Br)c1)=N/O. The predicted molar refractivity (Wildman–Crippen MR) is 101 cm³/mol. The lowest BCUT2D eigenvalue weighted by atomic mass is 10.0. The minimum absolute atomic E-state index is 0.0368. The van der Waals surface area contributed by atoms with Crippen molar-refractivity contribution in [2.24, 2.45) is 5.16 Å². The number of sulfonamides is 1. The van der Waals surface area contributed by atoms with Crippen LogP contribution in [0.25, 0.3) is 0 Å². The van der Waals surface area contributed by atoms with E-state index < -0.39 is 27.8 Å². The van der Waals surface area contributed by atoms with Gasteiger partial charge in [0.15, 0.2) is 5.69 Å². The van der Waals surface area contributed by atoms with Crippen molar-refractivity contribution in [1.29, 1.82) is 0 Å². The lowest BCUT2D eigenvalue weighted by Crippen LogP contribution is -2.30. The van der Waals surface area contributed by atoms with Gasteiger partial charge in [0.25, 0.3) is 0 Å². The number of hydrogen-bond donors (Lipinski definition) is 1. The minimum atomic E-state index is -3.67. The maximum absolute atomic E-state index is 14.1. The van der Waals surface area contributed by atoms with E-state index in [1.807, 2.05) is 0 Å². The third-order valence-corrected chi connectivity index (χ3v) is 6.45. The first kappa shape index (κ1) is 22.4. The Hall–Kier alpha value is -1.92. The molecule has 0 radical (unpaired) electrons. The number of rotatable bonds is 9. The number of oxime groups is 1. The molecule has 154 valence electrons. The van der Waals surface area contributed by atoms with Gasteiger partial charge >= 0.3 is 0 Å². The second-order valence-electron chi connectivity index (χ2n) is 6.23. The maximum atomic E-state index is 14.1. The Bertz CT molecular complexity index is 950. The van der Waals surface area contributed by atoms with Crippen LogP contribution in [-0.4, -0.2) is 60.0 Å². The zero-order valence-corrected chi connectivity index (χ0v) is 17.5. The number of hydrogen-bond acceptors (Lipinski definition) is 7. The summed E-state index contributed by atoms with van der Waals surface area (Å²) in [6, 6.07) is 4.30. The van der Waals surface area contributed by atoms with Gasteiger partial charge in [-0.3, -0.25) is 0 Å². The molecule has 0 bridgehead atoms. The van der Waals surface area contributed by atoms with Crippen LogP contribution in [-0.2, 0) is 22.9 Å². The molecule has 8 nitrogen and oxygen atoms in total. The van der Waals surface area contributed by atoms with E-state index >= 15 is 0 Å². The van der Waals surface area contributed by atoms with E-state index in [9.17, 15) is 22.4 Å². The average Bonchev–Trinajstić information content (AvgIpc) is 3.08. The second-order valence-corrected chi connectivity index (χ2v) is 9.31. The maximum Gasteiger partial charge on any atom is 0.216 e. The summed E-state index contributed by atoms with van der Waals surface area (Å²) in [5.41, 5.74) is 1.10. The molecule has 2 aromatic rings. The summed E-state index contributed by atoms with van der Waals surface area (Å²) in [7, 11) is -1.00. The fourth-order valence-corrected chi connectivity index (χ4v) is 3.70. The quantitative estimate of drug-likeness (QED) is 0.335. The van der Waals surface area contributed by atoms with Gasteiger partial charge in [-0.05, 0) is 51.6 Å². The molecule has 1 aromatic heterocycles. The molecule has 0 spiro atoms. The largest absolute Gasteiger partial charge is 0.411 e. The fourth-order valence-electron chi connectivity index (χ4n) is 2.35.